The molecule has 0 amide bonds. The van der Waals surface area contributed by atoms with Crippen LogP contribution in [0.1, 0.15) is 18.2 Å². The van der Waals surface area contributed by atoms with Crippen LogP contribution in [-0.4, -0.2) is 10.4 Å². The summed E-state index contributed by atoms with van der Waals surface area (Å²) in [7, 11) is 0. The highest BCUT2D eigenvalue weighted by molar-refractivity contribution is 5.97. The van der Waals surface area contributed by atoms with E-state index >= 15 is 0 Å². The molecule has 0 fully saturated rings. The lowest BCUT2D eigenvalue weighted by atomic mass is 9.91. The topological polar surface area (TPSA) is 69.3 Å². The number of amidine groups is 1. The molecule has 1 aromatic heterocycles. The van der Waals surface area contributed by atoms with Gasteiger partial charge in [-0.3, -0.25) is 4.99 Å². The standard InChI is InChI=1S/C14H16N4/c1-14(10-4-2-5-11(15)8-10)9-18-7-3-6-12(18)13(16)17-14/h2-8H,9,15H2,1H3,(H2,16,17)/t14-/m1/s1. The van der Waals surface area contributed by atoms with Crippen LogP contribution in [0.4, 0.5) is 5.69 Å². The van der Waals surface area contributed by atoms with Crippen LogP contribution in [0.5, 0.6) is 0 Å². The number of hydrogen-bond acceptors (Lipinski definition) is 3. The molecular formula is C14H16N4. The molecule has 1 aliphatic rings. The van der Waals surface area contributed by atoms with Crippen molar-refractivity contribution in [3.8, 4) is 0 Å². The molecule has 0 saturated carbocycles. The predicted molar refractivity (Wildman–Crippen MR) is 73.4 cm³/mol. The van der Waals surface area contributed by atoms with E-state index in [-0.39, 0.29) is 5.54 Å². The van der Waals surface area contributed by atoms with Gasteiger partial charge in [0.2, 0.25) is 0 Å². The lowest BCUT2D eigenvalue weighted by Gasteiger charge is -2.32. The van der Waals surface area contributed by atoms with Crippen molar-refractivity contribution in [1.82, 2.24) is 4.57 Å². The van der Waals surface area contributed by atoms with Crippen molar-refractivity contribution < 1.29 is 0 Å². The van der Waals surface area contributed by atoms with E-state index < -0.39 is 0 Å². The van der Waals surface area contributed by atoms with Crippen LogP contribution < -0.4 is 11.5 Å². The number of nitrogen functional groups attached to an aromatic ring is 1. The molecule has 18 heavy (non-hydrogen) atoms. The minimum Gasteiger partial charge on any atom is -0.399 e. The van der Waals surface area contributed by atoms with Gasteiger partial charge in [-0.05, 0) is 36.8 Å². The quantitative estimate of drug-likeness (QED) is 0.745. The number of nitrogens with zero attached hydrogens (tertiary/aromatic N) is 2. The van der Waals surface area contributed by atoms with Gasteiger partial charge in [0.25, 0.3) is 0 Å². The summed E-state index contributed by atoms with van der Waals surface area (Å²) in [5.74, 6) is 0.580. The van der Waals surface area contributed by atoms with Gasteiger partial charge in [0.1, 0.15) is 11.4 Å². The van der Waals surface area contributed by atoms with Gasteiger partial charge in [-0.25, -0.2) is 0 Å². The molecule has 0 unspecified atom stereocenters. The van der Waals surface area contributed by atoms with Crippen LogP contribution >= 0.6 is 0 Å². The van der Waals surface area contributed by atoms with E-state index in [1.165, 1.54) is 0 Å². The van der Waals surface area contributed by atoms with E-state index in [0.29, 0.717) is 5.84 Å². The van der Waals surface area contributed by atoms with Gasteiger partial charge < -0.3 is 16.0 Å². The van der Waals surface area contributed by atoms with Crippen molar-refractivity contribution in [2.24, 2.45) is 10.7 Å². The van der Waals surface area contributed by atoms with Gasteiger partial charge in [0, 0.05) is 11.9 Å². The zero-order valence-electron chi connectivity index (χ0n) is 10.3. The molecule has 0 saturated heterocycles. The third-order valence-corrected chi connectivity index (χ3v) is 3.45. The normalized spacial score (nSPS) is 22.4. The summed E-state index contributed by atoms with van der Waals surface area (Å²) in [5.41, 5.74) is 14.4. The van der Waals surface area contributed by atoms with E-state index in [1.54, 1.807) is 0 Å². The number of rotatable bonds is 1. The molecule has 4 heteroatoms. The van der Waals surface area contributed by atoms with Crippen LogP contribution in [0.15, 0.2) is 47.6 Å². The maximum absolute atomic E-state index is 6.04. The second-order valence-corrected chi connectivity index (χ2v) is 4.92. The minimum absolute atomic E-state index is 0.356. The third kappa shape index (κ3) is 1.57. The van der Waals surface area contributed by atoms with Crippen LogP contribution in [0, 0.1) is 0 Å². The van der Waals surface area contributed by atoms with Gasteiger partial charge in [0.15, 0.2) is 0 Å². The Labute approximate surface area is 106 Å². The van der Waals surface area contributed by atoms with Crippen LogP contribution in [0.2, 0.25) is 0 Å². The van der Waals surface area contributed by atoms with Crippen molar-refractivity contribution in [2.75, 3.05) is 5.73 Å². The zero-order valence-corrected chi connectivity index (χ0v) is 10.3. The summed E-state index contributed by atoms with van der Waals surface area (Å²) in [4.78, 5) is 4.66. The Bertz CT molecular complexity index is 626. The number of hydrogen-bond donors (Lipinski definition) is 2. The third-order valence-electron chi connectivity index (χ3n) is 3.45. The Morgan fingerprint density at radius 3 is 2.83 bits per heavy atom. The van der Waals surface area contributed by atoms with Gasteiger partial charge in [-0.2, -0.15) is 0 Å². The zero-order chi connectivity index (χ0) is 12.8. The first-order chi connectivity index (χ1) is 8.58. The highest BCUT2D eigenvalue weighted by Crippen LogP contribution is 2.32. The number of nitrogens with two attached hydrogens (primary N) is 2. The lowest BCUT2D eigenvalue weighted by molar-refractivity contribution is 0.402. The monoisotopic (exact) mass is 240 g/mol. The van der Waals surface area contributed by atoms with Crippen molar-refractivity contribution in [3.05, 3.63) is 53.9 Å². The summed E-state index contributed by atoms with van der Waals surface area (Å²) in [6.07, 6.45) is 2.03. The number of anilines is 1. The number of aliphatic imine (C=N–C) groups is 1. The van der Waals surface area contributed by atoms with Gasteiger partial charge in [-0.15, -0.1) is 0 Å². The Balaban J connectivity index is 2.10. The molecule has 4 nitrogen and oxygen atoms in total. The van der Waals surface area contributed by atoms with E-state index in [2.05, 4.69) is 16.5 Å². The van der Waals surface area contributed by atoms with Crippen LogP contribution in [0.3, 0.4) is 0 Å². The Morgan fingerprint density at radius 1 is 1.22 bits per heavy atom. The molecule has 92 valence electrons. The van der Waals surface area contributed by atoms with Crippen molar-refractivity contribution in [2.45, 2.75) is 19.0 Å². The maximum atomic E-state index is 6.04. The number of aromatic nitrogens is 1. The minimum atomic E-state index is -0.356. The summed E-state index contributed by atoms with van der Waals surface area (Å²) in [6.45, 7) is 2.86. The van der Waals surface area contributed by atoms with E-state index in [4.69, 9.17) is 11.5 Å². The highest BCUT2D eigenvalue weighted by atomic mass is 15.1. The van der Waals surface area contributed by atoms with Gasteiger partial charge >= 0.3 is 0 Å². The highest BCUT2D eigenvalue weighted by Gasteiger charge is 2.31. The second-order valence-electron chi connectivity index (χ2n) is 4.92. The van der Waals surface area contributed by atoms with Gasteiger partial charge in [-0.1, -0.05) is 12.1 Å². The summed E-state index contributed by atoms with van der Waals surface area (Å²) >= 11 is 0. The Hall–Kier alpha value is -2.23. The van der Waals surface area contributed by atoms with E-state index in [9.17, 15) is 0 Å². The van der Waals surface area contributed by atoms with Gasteiger partial charge in [0.05, 0.1) is 12.2 Å². The molecule has 1 aliphatic heterocycles. The summed E-state index contributed by atoms with van der Waals surface area (Å²) in [6, 6.07) is 11.8. The molecule has 1 atom stereocenters. The molecule has 2 aromatic rings. The summed E-state index contributed by atoms with van der Waals surface area (Å²) < 4.78 is 2.13. The largest absolute Gasteiger partial charge is 0.399 e. The van der Waals surface area contributed by atoms with Crippen molar-refractivity contribution in [1.29, 1.82) is 0 Å². The van der Waals surface area contributed by atoms with Crippen molar-refractivity contribution >= 4 is 11.5 Å². The smallest absolute Gasteiger partial charge is 0.143 e. The SMILES string of the molecule is C[C@]1(c2cccc(N)c2)Cn2cccc2C(N)=N1. The molecule has 2 heterocycles. The average molecular weight is 240 g/mol. The summed E-state index contributed by atoms with van der Waals surface area (Å²) in [5, 5.41) is 0. The van der Waals surface area contributed by atoms with Crippen LogP contribution in [0.25, 0.3) is 0 Å². The lowest BCUT2D eigenvalue weighted by Crippen LogP contribution is -2.36. The number of fused-ring (bicyclic) bond motifs is 1. The fourth-order valence-corrected chi connectivity index (χ4v) is 2.50. The Kier molecular flexibility index (Phi) is 2.20. The first-order valence-corrected chi connectivity index (χ1v) is 5.95. The fraction of sp³-hybridized carbons (Fsp3) is 0.214. The second kappa shape index (κ2) is 3.63. The fourth-order valence-electron chi connectivity index (χ4n) is 2.50. The average Bonchev–Trinajstić information content (AvgIpc) is 2.77. The van der Waals surface area contributed by atoms with E-state index in [1.807, 2.05) is 42.6 Å². The molecule has 0 bridgehead atoms. The van der Waals surface area contributed by atoms with Crippen molar-refractivity contribution in [3.63, 3.8) is 0 Å². The molecule has 0 spiro atoms. The maximum Gasteiger partial charge on any atom is 0.143 e. The molecule has 4 N–H and O–H groups in total. The van der Waals surface area contributed by atoms with Crippen LogP contribution in [-0.2, 0) is 12.1 Å². The molecule has 0 aliphatic carbocycles. The Morgan fingerprint density at radius 2 is 2.06 bits per heavy atom. The first kappa shape index (κ1) is 10.9. The predicted octanol–water partition coefficient (Wildman–Crippen LogP) is 1.70. The molecule has 3 rings (SSSR count). The number of benzene rings is 1. The first-order valence-electron chi connectivity index (χ1n) is 5.95. The molecule has 1 aromatic carbocycles. The van der Waals surface area contributed by atoms with E-state index in [0.717, 1.165) is 23.5 Å². The molecular weight excluding hydrogens is 224 g/mol. The molecule has 0 radical (unpaired) electrons.